The lowest BCUT2D eigenvalue weighted by atomic mass is 9.96. The van der Waals surface area contributed by atoms with E-state index in [1.165, 1.54) is 18.6 Å². The number of halogens is 1. The summed E-state index contributed by atoms with van der Waals surface area (Å²) in [5.41, 5.74) is 0.247. The van der Waals surface area contributed by atoms with Gasteiger partial charge in [-0.25, -0.2) is 9.59 Å². The fraction of sp³-hybridized carbons (Fsp3) is 0.438. The van der Waals surface area contributed by atoms with Crippen LogP contribution in [-0.4, -0.2) is 30.6 Å². The van der Waals surface area contributed by atoms with E-state index in [1.54, 1.807) is 12.1 Å². The number of imide groups is 1. The van der Waals surface area contributed by atoms with Crippen LogP contribution >= 0.6 is 11.6 Å². The Morgan fingerprint density at radius 1 is 1.17 bits per heavy atom. The number of hydrogen-bond donors (Lipinski definition) is 2. The Balaban J connectivity index is 1.71. The van der Waals surface area contributed by atoms with Crippen LogP contribution in [0.3, 0.4) is 0 Å². The predicted octanol–water partition coefficient (Wildman–Crippen LogP) is 2.66. The van der Waals surface area contributed by atoms with Gasteiger partial charge in [-0.05, 0) is 31.0 Å². The molecule has 0 heterocycles. The van der Waals surface area contributed by atoms with Crippen molar-refractivity contribution in [1.82, 2.24) is 10.6 Å². The molecule has 2 rings (SSSR count). The van der Waals surface area contributed by atoms with E-state index in [-0.39, 0.29) is 11.6 Å². The molecule has 0 bridgehead atoms. The minimum atomic E-state index is -0.673. The fourth-order valence-electron chi connectivity index (χ4n) is 2.46. The zero-order chi connectivity index (χ0) is 16.7. The van der Waals surface area contributed by atoms with Crippen molar-refractivity contribution in [3.05, 3.63) is 34.9 Å². The molecule has 1 saturated carbocycles. The predicted molar refractivity (Wildman–Crippen MR) is 85.3 cm³/mol. The molecule has 0 atom stereocenters. The highest BCUT2D eigenvalue weighted by Gasteiger charge is 2.17. The lowest BCUT2D eigenvalue weighted by Gasteiger charge is -2.22. The van der Waals surface area contributed by atoms with Crippen molar-refractivity contribution < 1.29 is 19.1 Å². The van der Waals surface area contributed by atoms with E-state index in [9.17, 15) is 14.4 Å². The summed E-state index contributed by atoms with van der Waals surface area (Å²) < 4.78 is 4.85. The van der Waals surface area contributed by atoms with Crippen LogP contribution in [0.15, 0.2) is 24.3 Å². The van der Waals surface area contributed by atoms with Crippen LogP contribution in [0.2, 0.25) is 5.02 Å². The molecule has 0 radical (unpaired) electrons. The molecule has 1 fully saturated rings. The molecular formula is C16H19ClN2O4. The quantitative estimate of drug-likeness (QED) is 0.826. The summed E-state index contributed by atoms with van der Waals surface area (Å²) >= 11 is 5.77. The Hall–Kier alpha value is -2.08. The van der Waals surface area contributed by atoms with Gasteiger partial charge in [0.15, 0.2) is 6.61 Å². The first-order valence-corrected chi connectivity index (χ1v) is 7.95. The summed E-state index contributed by atoms with van der Waals surface area (Å²) in [6.07, 6.45) is 5.18. The van der Waals surface area contributed by atoms with Crippen LogP contribution in [-0.2, 0) is 9.53 Å². The van der Waals surface area contributed by atoms with Crippen LogP contribution in [0.1, 0.15) is 42.5 Å². The van der Waals surface area contributed by atoms with Gasteiger partial charge >= 0.3 is 12.0 Å². The van der Waals surface area contributed by atoms with Gasteiger partial charge in [-0.15, -0.1) is 0 Å². The van der Waals surface area contributed by atoms with Gasteiger partial charge in [0.05, 0.1) is 5.56 Å². The summed E-state index contributed by atoms with van der Waals surface area (Å²) in [6, 6.07) is 5.75. The maximum atomic E-state index is 11.7. The highest BCUT2D eigenvalue weighted by Crippen LogP contribution is 2.17. The van der Waals surface area contributed by atoms with Gasteiger partial charge in [-0.1, -0.05) is 36.9 Å². The number of carbonyl (C=O) groups excluding carboxylic acids is 3. The third kappa shape index (κ3) is 5.90. The molecule has 23 heavy (non-hydrogen) atoms. The van der Waals surface area contributed by atoms with Crippen LogP contribution in [0, 0.1) is 0 Å². The molecule has 7 heteroatoms. The molecule has 0 aromatic heterocycles. The first-order chi connectivity index (χ1) is 11.0. The monoisotopic (exact) mass is 338 g/mol. The van der Waals surface area contributed by atoms with E-state index in [1.807, 2.05) is 0 Å². The SMILES string of the molecule is O=C(COC(=O)c1cccc(Cl)c1)NC(=O)NC1CCCCC1. The van der Waals surface area contributed by atoms with Gasteiger partial charge in [0.25, 0.3) is 5.91 Å². The van der Waals surface area contributed by atoms with Crippen LogP contribution in [0.4, 0.5) is 4.79 Å². The Kier molecular flexibility index (Phi) is 6.40. The Morgan fingerprint density at radius 2 is 1.91 bits per heavy atom. The van der Waals surface area contributed by atoms with Gasteiger partial charge in [0, 0.05) is 11.1 Å². The molecule has 124 valence electrons. The Labute approximate surface area is 139 Å². The van der Waals surface area contributed by atoms with E-state index in [4.69, 9.17) is 16.3 Å². The molecule has 2 N–H and O–H groups in total. The van der Waals surface area contributed by atoms with Crippen molar-refractivity contribution in [2.24, 2.45) is 0 Å². The summed E-state index contributed by atoms with van der Waals surface area (Å²) in [7, 11) is 0. The number of hydrogen-bond acceptors (Lipinski definition) is 4. The summed E-state index contributed by atoms with van der Waals surface area (Å²) in [6.45, 7) is -0.524. The minimum absolute atomic E-state index is 0.102. The second-order valence-corrected chi connectivity index (χ2v) is 5.88. The number of carbonyl (C=O) groups is 3. The maximum absolute atomic E-state index is 11.7. The van der Waals surface area contributed by atoms with Crippen molar-refractivity contribution in [3.63, 3.8) is 0 Å². The zero-order valence-corrected chi connectivity index (χ0v) is 13.4. The van der Waals surface area contributed by atoms with Crippen molar-refractivity contribution in [2.45, 2.75) is 38.1 Å². The van der Waals surface area contributed by atoms with Crippen molar-refractivity contribution in [2.75, 3.05) is 6.61 Å². The molecule has 1 aliphatic carbocycles. The fourth-order valence-corrected chi connectivity index (χ4v) is 2.65. The molecule has 0 spiro atoms. The third-order valence-corrected chi connectivity index (χ3v) is 3.82. The molecule has 6 nitrogen and oxygen atoms in total. The second-order valence-electron chi connectivity index (χ2n) is 5.44. The molecule has 0 unspecified atom stereocenters. The van der Waals surface area contributed by atoms with Crippen LogP contribution < -0.4 is 10.6 Å². The average molecular weight is 339 g/mol. The Bertz CT molecular complexity index is 585. The van der Waals surface area contributed by atoms with E-state index in [2.05, 4.69) is 10.6 Å². The summed E-state index contributed by atoms with van der Waals surface area (Å²) in [5, 5.41) is 5.30. The molecule has 1 aromatic carbocycles. The largest absolute Gasteiger partial charge is 0.452 e. The number of rotatable bonds is 4. The number of nitrogens with one attached hydrogen (secondary N) is 2. The lowest BCUT2D eigenvalue weighted by molar-refractivity contribution is -0.123. The van der Waals surface area contributed by atoms with Gasteiger partial charge in [-0.2, -0.15) is 0 Å². The van der Waals surface area contributed by atoms with E-state index in [0.717, 1.165) is 25.7 Å². The van der Waals surface area contributed by atoms with E-state index >= 15 is 0 Å². The topological polar surface area (TPSA) is 84.5 Å². The number of ether oxygens (including phenoxy) is 1. The standard InChI is InChI=1S/C16H19ClN2O4/c17-12-6-4-5-11(9-12)15(21)23-10-14(20)19-16(22)18-13-7-2-1-3-8-13/h4-6,9,13H,1-3,7-8,10H2,(H2,18,19,20,22). The van der Waals surface area contributed by atoms with Crippen molar-refractivity contribution >= 4 is 29.5 Å². The van der Waals surface area contributed by atoms with Gasteiger partial charge < -0.3 is 10.1 Å². The number of urea groups is 1. The van der Waals surface area contributed by atoms with Gasteiger partial charge in [0.2, 0.25) is 0 Å². The van der Waals surface area contributed by atoms with E-state index < -0.39 is 24.5 Å². The highest BCUT2D eigenvalue weighted by atomic mass is 35.5. The molecule has 1 aliphatic rings. The Morgan fingerprint density at radius 3 is 2.61 bits per heavy atom. The first kappa shape index (κ1) is 17.3. The maximum Gasteiger partial charge on any atom is 0.338 e. The third-order valence-electron chi connectivity index (χ3n) is 3.59. The number of amides is 3. The van der Waals surface area contributed by atoms with Gasteiger partial charge in [-0.3, -0.25) is 10.1 Å². The average Bonchev–Trinajstić information content (AvgIpc) is 2.53. The number of benzene rings is 1. The lowest BCUT2D eigenvalue weighted by Crippen LogP contribution is -2.46. The molecule has 3 amide bonds. The van der Waals surface area contributed by atoms with Crippen molar-refractivity contribution in [3.8, 4) is 0 Å². The van der Waals surface area contributed by atoms with Crippen LogP contribution in [0.5, 0.6) is 0 Å². The molecule has 1 aromatic rings. The smallest absolute Gasteiger partial charge is 0.338 e. The minimum Gasteiger partial charge on any atom is -0.452 e. The number of esters is 1. The zero-order valence-electron chi connectivity index (χ0n) is 12.6. The van der Waals surface area contributed by atoms with Crippen LogP contribution in [0.25, 0.3) is 0 Å². The molecule has 0 saturated heterocycles. The van der Waals surface area contributed by atoms with Crippen molar-refractivity contribution in [1.29, 1.82) is 0 Å². The summed E-state index contributed by atoms with van der Waals surface area (Å²) in [4.78, 5) is 35.0. The van der Waals surface area contributed by atoms with Gasteiger partial charge in [0.1, 0.15) is 0 Å². The summed E-state index contributed by atoms with van der Waals surface area (Å²) in [5.74, 6) is -1.34. The first-order valence-electron chi connectivity index (χ1n) is 7.57. The molecule has 0 aliphatic heterocycles. The second kappa shape index (κ2) is 8.53. The molecular weight excluding hydrogens is 320 g/mol. The highest BCUT2D eigenvalue weighted by molar-refractivity contribution is 6.30. The van der Waals surface area contributed by atoms with E-state index in [0.29, 0.717) is 5.02 Å². The normalized spacial score (nSPS) is 14.8.